The summed E-state index contributed by atoms with van der Waals surface area (Å²) in [6.07, 6.45) is 2.11. The molecular formula is C20H25N3O3S. The molecule has 7 heteroatoms. The van der Waals surface area contributed by atoms with E-state index in [0.717, 1.165) is 12.0 Å². The first-order valence-electron chi connectivity index (χ1n) is 9.07. The minimum Gasteiger partial charge on any atom is -0.368 e. The Hall–Kier alpha value is -2.38. The van der Waals surface area contributed by atoms with Crippen molar-refractivity contribution in [3.05, 3.63) is 59.7 Å². The summed E-state index contributed by atoms with van der Waals surface area (Å²) >= 11 is 0. The molecule has 1 amide bonds. The number of nitrogens with zero attached hydrogens (tertiary/aromatic N) is 1. The number of hydrogen-bond donors (Lipinski definition) is 2. The molecule has 1 aliphatic rings. The number of sulfonamides is 1. The van der Waals surface area contributed by atoms with E-state index in [2.05, 4.69) is 35.3 Å². The first-order chi connectivity index (χ1) is 12.8. The lowest BCUT2D eigenvalue weighted by Crippen LogP contribution is -2.34. The van der Waals surface area contributed by atoms with Crippen LogP contribution in [0.2, 0.25) is 0 Å². The third kappa shape index (κ3) is 4.87. The zero-order valence-corrected chi connectivity index (χ0v) is 16.2. The molecule has 27 heavy (non-hydrogen) atoms. The van der Waals surface area contributed by atoms with Crippen LogP contribution in [0.25, 0.3) is 0 Å². The molecule has 2 aromatic rings. The van der Waals surface area contributed by atoms with E-state index in [1.807, 2.05) is 6.07 Å². The smallest absolute Gasteiger partial charge is 0.238 e. The largest absolute Gasteiger partial charge is 0.368 e. The van der Waals surface area contributed by atoms with E-state index in [1.165, 1.54) is 23.4 Å². The van der Waals surface area contributed by atoms with Crippen molar-refractivity contribution in [1.82, 2.24) is 5.32 Å². The molecular weight excluding hydrogens is 362 g/mol. The van der Waals surface area contributed by atoms with Crippen LogP contribution in [-0.2, 0) is 27.7 Å². The molecule has 1 heterocycles. The fraction of sp³-hybridized carbons (Fsp3) is 0.350. The quantitative estimate of drug-likeness (QED) is 0.758. The van der Waals surface area contributed by atoms with Crippen LogP contribution in [0.15, 0.2) is 53.4 Å². The molecule has 1 aliphatic heterocycles. The molecule has 6 nitrogen and oxygen atoms in total. The second-order valence-electron chi connectivity index (χ2n) is 6.91. The Bertz CT molecular complexity index is 910. The maximum atomic E-state index is 12.2. The maximum Gasteiger partial charge on any atom is 0.238 e. The van der Waals surface area contributed by atoms with E-state index in [1.54, 1.807) is 12.1 Å². The fourth-order valence-corrected chi connectivity index (χ4v) is 3.99. The van der Waals surface area contributed by atoms with Crippen LogP contribution >= 0.6 is 0 Å². The third-order valence-corrected chi connectivity index (χ3v) is 5.85. The van der Waals surface area contributed by atoms with E-state index in [-0.39, 0.29) is 10.8 Å². The second kappa shape index (κ2) is 8.10. The minimum atomic E-state index is -3.67. The van der Waals surface area contributed by atoms with Crippen molar-refractivity contribution in [3.8, 4) is 0 Å². The molecule has 1 unspecified atom stereocenters. The second-order valence-corrected chi connectivity index (χ2v) is 8.48. The highest BCUT2D eigenvalue weighted by molar-refractivity contribution is 7.89. The Morgan fingerprint density at radius 3 is 2.59 bits per heavy atom. The predicted octanol–water partition coefficient (Wildman–Crippen LogP) is 1.83. The van der Waals surface area contributed by atoms with Crippen LogP contribution in [0.3, 0.4) is 0 Å². The SMILES string of the molecule is CC1Cc2ccccc2N1CCC(=O)NCCc1ccc(S(N)(=O)=O)cc1. The summed E-state index contributed by atoms with van der Waals surface area (Å²) in [5.74, 6) is 0.0211. The summed E-state index contributed by atoms with van der Waals surface area (Å²) in [6.45, 7) is 3.40. The van der Waals surface area contributed by atoms with Gasteiger partial charge in [-0.3, -0.25) is 4.79 Å². The Labute approximate surface area is 160 Å². The van der Waals surface area contributed by atoms with Crippen molar-refractivity contribution in [1.29, 1.82) is 0 Å². The summed E-state index contributed by atoms with van der Waals surface area (Å²) in [5.41, 5.74) is 3.52. The molecule has 3 N–H and O–H groups in total. The Balaban J connectivity index is 1.44. The molecule has 0 saturated carbocycles. The summed E-state index contributed by atoms with van der Waals surface area (Å²) in [6, 6.07) is 15.2. The average Bonchev–Trinajstić information content (AvgIpc) is 2.95. The lowest BCUT2D eigenvalue weighted by atomic mass is 10.1. The number of primary sulfonamides is 1. The van der Waals surface area contributed by atoms with Gasteiger partial charge in [-0.1, -0.05) is 30.3 Å². The number of rotatable bonds is 7. The van der Waals surface area contributed by atoms with Crippen molar-refractivity contribution < 1.29 is 13.2 Å². The van der Waals surface area contributed by atoms with Crippen LogP contribution in [0.4, 0.5) is 5.69 Å². The monoisotopic (exact) mass is 387 g/mol. The number of nitrogens with one attached hydrogen (secondary N) is 1. The molecule has 144 valence electrons. The van der Waals surface area contributed by atoms with Crippen molar-refractivity contribution >= 4 is 21.6 Å². The fourth-order valence-electron chi connectivity index (χ4n) is 3.47. The Morgan fingerprint density at radius 1 is 1.19 bits per heavy atom. The average molecular weight is 388 g/mol. The van der Waals surface area contributed by atoms with Crippen molar-refractivity contribution in [2.24, 2.45) is 5.14 Å². The van der Waals surface area contributed by atoms with Gasteiger partial charge in [0.05, 0.1) is 4.90 Å². The first-order valence-corrected chi connectivity index (χ1v) is 10.6. The molecule has 3 rings (SSSR count). The topological polar surface area (TPSA) is 92.5 Å². The standard InChI is InChI=1S/C20H25N3O3S/c1-15-14-17-4-2-3-5-19(17)23(15)13-11-20(24)22-12-10-16-6-8-18(9-7-16)27(21,25)26/h2-9,15H,10-14H2,1H3,(H,22,24)(H2,21,25,26). The number of benzene rings is 2. The molecule has 0 saturated heterocycles. The van der Waals surface area contributed by atoms with Gasteiger partial charge in [-0.15, -0.1) is 0 Å². The Morgan fingerprint density at radius 2 is 1.89 bits per heavy atom. The Kier molecular flexibility index (Phi) is 5.82. The molecule has 0 aliphatic carbocycles. The van der Waals surface area contributed by atoms with Gasteiger partial charge in [0, 0.05) is 31.2 Å². The number of nitrogens with two attached hydrogens (primary N) is 1. The van der Waals surface area contributed by atoms with Crippen LogP contribution in [0, 0.1) is 0 Å². The number of para-hydroxylation sites is 1. The molecule has 0 bridgehead atoms. The van der Waals surface area contributed by atoms with Crippen molar-refractivity contribution in [2.45, 2.75) is 37.1 Å². The normalized spacial score (nSPS) is 16.2. The van der Waals surface area contributed by atoms with Crippen LogP contribution in [0.5, 0.6) is 0 Å². The number of carbonyl (C=O) groups excluding carboxylic acids is 1. The summed E-state index contributed by atoms with van der Waals surface area (Å²) < 4.78 is 22.5. The van der Waals surface area contributed by atoms with E-state index in [4.69, 9.17) is 5.14 Å². The van der Waals surface area contributed by atoms with Gasteiger partial charge in [-0.2, -0.15) is 0 Å². The highest BCUT2D eigenvalue weighted by Gasteiger charge is 2.25. The zero-order chi connectivity index (χ0) is 19.4. The number of fused-ring (bicyclic) bond motifs is 1. The van der Waals surface area contributed by atoms with Gasteiger partial charge in [0.1, 0.15) is 0 Å². The zero-order valence-electron chi connectivity index (χ0n) is 15.4. The maximum absolute atomic E-state index is 12.2. The molecule has 0 radical (unpaired) electrons. The van der Waals surface area contributed by atoms with Gasteiger partial charge >= 0.3 is 0 Å². The third-order valence-electron chi connectivity index (χ3n) is 4.92. The van der Waals surface area contributed by atoms with Crippen LogP contribution in [0.1, 0.15) is 24.5 Å². The van der Waals surface area contributed by atoms with E-state index >= 15 is 0 Å². The lowest BCUT2D eigenvalue weighted by molar-refractivity contribution is -0.120. The van der Waals surface area contributed by atoms with Gasteiger partial charge in [-0.05, 0) is 49.1 Å². The van der Waals surface area contributed by atoms with Gasteiger partial charge in [-0.25, -0.2) is 13.6 Å². The van der Waals surface area contributed by atoms with Crippen LogP contribution in [-0.4, -0.2) is 33.5 Å². The highest BCUT2D eigenvalue weighted by atomic mass is 32.2. The molecule has 0 spiro atoms. The number of carbonyl (C=O) groups is 1. The molecule has 2 aromatic carbocycles. The van der Waals surface area contributed by atoms with Gasteiger partial charge in [0.25, 0.3) is 0 Å². The van der Waals surface area contributed by atoms with E-state index < -0.39 is 10.0 Å². The summed E-state index contributed by atoms with van der Waals surface area (Å²) in [4.78, 5) is 14.5. The van der Waals surface area contributed by atoms with Crippen molar-refractivity contribution in [3.63, 3.8) is 0 Å². The van der Waals surface area contributed by atoms with Gasteiger partial charge < -0.3 is 10.2 Å². The summed E-state index contributed by atoms with van der Waals surface area (Å²) in [7, 11) is -3.67. The summed E-state index contributed by atoms with van der Waals surface area (Å²) in [5, 5.41) is 8.01. The minimum absolute atomic E-state index is 0.0211. The van der Waals surface area contributed by atoms with Gasteiger partial charge in [0.15, 0.2) is 0 Å². The molecule has 0 aromatic heterocycles. The van der Waals surface area contributed by atoms with E-state index in [0.29, 0.717) is 32.0 Å². The predicted molar refractivity (Wildman–Crippen MR) is 106 cm³/mol. The van der Waals surface area contributed by atoms with Crippen molar-refractivity contribution in [2.75, 3.05) is 18.0 Å². The van der Waals surface area contributed by atoms with Gasteiger partial charge in [0.2, 0.25) is 15.9 Å². The number of anilines is 1. The van der Waals surface area contributed by atoms with Crippen LogP contribution < -0.4 is 15.4 Å². The first kappa shape index (κ1) is 19.4. The highest BCUT2D eigenvalue weighted by Crippen LogP contribution is 2.31. The number of amides is 1. The lowest BCUT2D eigenvalue weighted by Gasteiger charge is -2.24. The van der Waals surface area contributed by atoms with E-state index in [9.17, 15) is 13.2 Å². The number of hydrogen-bond acceptors (Lipinski definition) is 4. The molecule has 0 fully saturated rings. The molecule has 1 atom stereocenters.